The first-order chi connectivity index (χ1) is 16.2. The number of thioether (sulfide) groups is 1. The summed E-state index contributed by atoms with van der Waals surface area (Å²) in [6.45, 7) is 5.78. The highest BCUT2D eigenvalue weighted by atomic mass is 32.2. The van der Waals surface area contributed by atoms with Gasteiger partial charge in [0.15, 0.2) is 0 Å². The Balaban J connectivity index is 1.57. The third-order valence-corrected chi connectivity index (χ3v) is 7.55. The molecule has 180 valence electrons. The third kappa shape index (κ3) is 6.43. The molecule has 0 unspecified atom stereocenters. The molecular formula is C22H25N5O5S2. The number of hydrogen-bond acceptors (Lipinski definition) is 8. The van der Waals surface area contributed by atoms with E-state index < -0.39 is 10.0 Å². The van der Waals surface area contributed by atoms with Gasteiger partial charge in [-0.3, -0.25) is 9.59 Å². The average molecular weight is 504 g/mol. The average Bonchev–Trinajstić information content (AvgIpc) is 3.28. The van der Waals surface area contributed by atoms with Crippen molar-refractivity contribution in [3.05, 3.63) is 48.5 Å². The maximum atomic E-state index is 12.6. The van der Waals surface area contributed by atoms with Gasteiger partial charge in [-0.1, -0.05) is 25.6 Å². The smallest absolute Gasteiger partial charge is 0.277 e. The number of nitrogens with one attached hydrogen (secondary N) is 2. The number of sulfonamides is 1. The van der Waals surface area contributed by atoms with Crippen LogP contribution in [-0.2, 0) is 19.6 Å². The summed E-state index contributed by atoms with van der Waals surface area (Å²) < 4.78 is 32.2. The standard InChI is InChI=1S/C22H25N5O5S2/c1-4-27(5-2)34(30,31)19-12-6-16(7-13-19)21-25-26-22(32-21)33-14-20(29)24-18-10-8-17(9-11-18)23-15(3)28/h6-13H,4-5,14H2,1-3H3,(H,23,28)(H,24,29). The molecule has 3 rings (SSSR count). The van der Waals surface area contributed by atoms with Crippen molar-refractivity contribution in [1.29, 1.82) is 0 Å². The summed E-state index contributed by atoms with van der Waals surface area (Å²) in [7, 11) is -3.55. The second kappa shape index (κ2) is 11.3. The summed E-state index contributed by atoms with van der Waals surface area (Å²) in [6, 6.07) is 13.0. The Labute approximate surface area is 202 Å². The van der Waals surface area contributed by atoms with Crippen LogP contribution < -0.4 is 10.6 Å². The van der Waals surface area contributed by atoms with Crippen LogP contribution in [0.25, 0.3) is 11.5 Å². The molecule has 0 aliphatic rings. The number of anilines is 2. The highest BCUT2D eigenvalue weighted by molar-refractivity contribution is 7.99. The van der Waals surface area contributed by atoms with E-state index in [1.54, 1.807) is 50.2 Å². The molecule has 0 spiro atoms. The minimum atomic E-state index is -3.55. The minimum Gasteiger partial charge on any atom is -0.411 e. The summed E-state index contributed by atoms with van der Waals surface area (Å²) in [6.07, 6.45) is 0. The van der Waals surface area contributed by atoms with Gasteiger partial charge < -0.3 is 15.1 Å². The molecule has 2 N–H and O–H groups in total. The van der Waals surface area contributed by atoms with Crippen LogP contribution in [0.3, 0.4) is 0 Å². The zero-order chi connectivity index (χ0) is 24.7. The lowest BCUT2D eigenvalue weighted by Crippen LogP contribution is -2.30. The van der Waals surface area contributed by atoms with Crippen molar-refractivity contribution >= 4 is 45.0 Å². The minimum absolute atomic E-state index is 0.0517. The fourth-order valence-corrected chi connectivity index (χ4v) is 5.05. The van der Waals surface area contributed by atoms with Gasteiger partial charge >= 0.3 is 0 Å². The second-order valence-electron chi connectivity index (χ2n) is 7.08. The third-order valence-electron chi connectivity index (χ3n) is 4.67. The Bertz CT molecular complexity index is 1240. The topological polar surface area (TPSA) is 134 Å². The van der Waals surface area contributed by atoms with Crippen molar-refractivity contribution in [1.82, 2.24) is 14.5 Å². The molecule has 3 aromatic rings. The van der Waals surface area contributed by atoms with Crippen molar-refractivity contribution < 1.29 is 22.4 Å². The number of carbonyl (C=O) groups excluding carboxylic acids is 2. The predicted molar refractivity (Wildman–Crippen MR) is 130 cm³/mol. The zero-order valence-corrected chi connectivity index (χ0v) is 20.6. The van der Waals surface area contributed by atoms with Crippen molar-refractivity contribution in [2.24, 2.45) is 0 Å². The van der Waals surface area contributed by atoms with Gasteiger partial charge in [0, 0.05) is 37.0 Å². The van der Waals surface area contributed by atoms with Crippen LogP contribution in [0.15, 0.2) is 63.1 Å². The van der Waals surface area contributed by atoms with E-state index in [-0.39, 0.29) is 33.6 Å². The molecule has 0 aliphatic carbocycles. The Morgan fingerprint density at radius 3 is 2.09 bits per heavy atom. The molecule has 0 fully saturated rings. The molecule has 0 bridgehead atoms. The molecule has 0 radical (unpaired) electrons. The maximum Gasteiger partial charge on any atom is 0.277 e. The largest absolute Gasteiger partial charge is 0.411 e. The van der Waals surface area contributed by atoms with Crippen LogP contribution in [-0.4, -0.2) is 53.6 Å². The number of hydrogen-bond donors (Lipinski definition) is 2. The number of carbonyl (C=O) groups is 2. The number of rotatable bonds is 10. The normalized spacial score (nSPS) is 11.4. The Hall–Kier alpha value is -3.22. The fourth-order valence-electron chi connectivity index (χ4n) is 3.03. The van der Waals surface area contributed by atoms with Gasteiger partial charge in [-0.15, -0.1) is 10.2 Å². The molecule has 0 saturated heterocycles. The molecular weight excluding hydrogens is 478 g/mol. The summed E-state index contributed by atoms with van der Waals surface area (Å²) in [4.78, 5) is 23.5. The van der Waals surface area contributed by atoms with Crippen LogP contribution in [0.1, 0.15) is 20.8 Å². The number of aromatic nitrogens is 2. The van der Waals surface area contributed by atoms with Gasteiger partial charge in [0.1, 0.15) is 0 Å². The van der Waals surface area contributed by atoms with Gasteiger partial charge in [0.25, 0.3) is 5.22 Å². The molecule has 1 aromatic heterocycles. The lowest BCUT2D eigenvalue weighted by atomic mass is 10.2. The molecule has 10 nitrogen and oxygen atoms in total. The van der Waals surface area contributed by atoms with Crippen molar-refractivity contribution in [2.75, 3.05) is 29.5 Å². The number of amides is 2. The molecule has 0 aliphatic heterocycles. The fraction of sp³-hybridized carbons (Fsp3) is 0.273. The summed E-state index contributed by atoms with van der Waals surface area (Å²) in [5.41, 5.74) is 1.80. The van der Waals surface area contributed by atoms with E-state index in [0.717, 1.165) is 11.8 Å². The Morgan fingerprint density at radius 1 is 0.941 bits per heavy atom. The molecule has 1 heterocycles. The van der Waals surface area contributed by atoms with Crippen molar-refractivity contribution in [3.63, 3.8) is 0 Å². The van der Waals surface area contributed by atoms with Crippen LogP contribution in [0.2, 0.25) is 0 Å². The maximum absolute atomic E-state index is 12.6. The number of benzene rings is 2. The van der Waals surface area contributed by atoms with Crippen LogP contribution in [0.4, 0.5) is 11.4 Å². The molecule has 2 aromatic carbocycles. The van der Waals surface area contributed by atoms with E-state index >= 15 is 0 Å². The van der Waals surface area contributed by atoms with Crippen molar-refractivity contribution in [3.8, 4) is 11.5 Å². The Kier molecular flexibility index (Phi) is 8.42. The molecule has 2 amide bonds. The first kappa shape index (κ1) is 25.4. The lowest BCUT2D eigenvalue weighted by Gasteiger charge is -2.18. The summed E-state index contributed by atoms with van der Waals surface area (Å²) in [5.74, 6) is -0.158. The van der Waals surface area contributed by atoms with Gasteiger partial charge in [-0.05, 0) is 48.5 Å². The predicted octanol–water partition coefficient (Wildman–Crippen LogP) is 3.46. The number of nitrogens with zero attached hydrogens (tertiary/aromatic N) is 3. The summed E-state index contributed by atoms with van der Waals surface area (Å²) in [5, 5.41) is 13.5. The monoisotopic (exact) mass is 503 g/mol. The second-order valence-corrected chi connectivity index (χ2v) is 9.95. The van der Waals surface area contributed by atoms with Gasteiger partial charge in [0.05, 0.1) is 10.6 Å². The van der Waals surface area contributed by atoms with Crippen LogP contribution >= 0.6 is 11.8 Å². The quantitative estimate of drug-likeness (QED) is 0.402. The van der Waals surface area contributed by atoms with Crippen molar-refractivity contribution in [2.45, 2.75) is 30.9 Å². The molecule has 34 heavy (non-hydrogen) atoms. The highest BCUT2D eigenvalue weighted by Crippen LogP contribution is 2.25. The van der Waals surface area contributed by atoms with E-state index in [2.05, 4.69) is 20.8 Å². The van der Waals surface area contributed by atoms with E-state index in [4.69, 9.17) is 4.42 Å². The SMILES string of the molecule is CCN(CC)S(=O)(=O)c1ccc(-c2nnc(SCC(=O)Nc3ccc(NC(C)=O)cc3)o2)cc1. The molecule has 12 heteroatoms. The molecule has 0 atom stereocenters. The summed E-state index contributed by atoms with van der Waals surface area (Å²) >= 11 is 1.08. The highest BCUT2D eigenvalue weighted by Gasteiger charge is 2.21. The van der Waals surface area contributed by atoms with Gasteiger partial charge in [0.2, 0.25) is 27.7 Å². The Morgan fingerprint density at radius 2 is 1.53 bits per heavy atom. The van der Waals surface area contributed by atoms with E-state index in [0.29, 0.717) is 30.0 Å². The van der Waals surface area contributed by atoms with Crippen LogP contribution in [0.5, 0.6) is 0 Å². The van der Waals surface area contributed by atoms with Gasteiger partial charge in [-0.2, -0.15) is 4.31 Å². The van der Waals surface area contributed by atoms with E-state index in [1.165, 1.54) is 23.4 Å². The lowest BCUT2D eigenvalue weighted by molar-refractivity contribution is -0.114. The zero-order valence-electron chi connectivity index (χ0n) is 18.9. The first-order valence-electron chi connectivity index (χ1n) is 10.5. The molecule has 0 saturated carbocycles. The van der Waals surface area contributed by atoms with E-state index in [1.807, 2.05) is 0 Å². The van der Waals surface area contributed by atoms with Gasteiger partial charge in [-0.25, -0.2) is 8.42 Å². The van der Waals surface area contributed by atoms with E-state index in [9.17, 15) is 18.0 Å². The van der Waals surface area contributed by atoms with Crippen LogP contribution in [0, 0.1) is 0 Å². The first-order valence-corrected chi connectivity index (χ1v) is 12.9.